The van der Waals surface area contributed by atoms with Gasteiger partial charge >= 0.3 is 0 Å². The van der Waals surface area contributed by atoms with Crippen LogP contribution in [-0.4, -0.2) is 35.7 Å². The van der Waals surface area contributed by atoms with E-state index < -0.39 is 0 Å². The van der Waals surface area contributed by atoms with Crippen molar-refractivity contribution in [1.82, 2.24) is 34.4 Å². The number of rotatable bonds is 5. The molecule has 4 aromatic rings. The van der Waals surface area contributed by atoms with E-state index >= 15 is 0 Å². The third kappa shape index (κ3) is 3.81. The Morgan fingerprint density at radius 2 is 2.03 bits per heavy atom. The summed E-state index contributed by atoms with van der Waals surface area (Å²) in [6.07, 6.45) is 6.90. The number of hydrogen-bond acceptors (Lipinski definition) is 6. The Hall–Kier alpha value is -3.17. The summed E-state index contributed by atoms with van der Waals surface area (Å²) in [7, 11) is 0. The van der Waals surface area contributed by atoms with Gasteiger partial charge in [-0.15, -0.1) is 12.4 Å². The van der Waals surface area contributed by atoms with E-state index in [1.165, 1.54) is 11.1 Å². The Kier molecular flexibility index (Phi) is 5.46. The van der Waals surface area contributed by atoms with Gasteiger partial charge in [0.2, 0.25) is 5.95 Å². The molecule has 0 atom stereocenters. The van der Waals surface area contributed by atoms with Gasteiger partial charge in [0.1, 0.15) is 5.39 Å². The lowest BCUT2D eigenvalue weighted by molar-refractivity contribution is 0.468. The largest absolute Gasteiger partial charge is 0.324 e. The summed E-state index contributed by atoms with van der Waals surface area (Å²) in [6.45, 7) is 5.87. The zero-order valence-electron chi connectivity index (χ0n) is 18.7. The van der Waals surface area contributed by atoms with Crippen LogP contribution in [0.3, 0.4) is 0 Å². The van der Waals surface area contributed by atoms with Crippen LogP contribution in [0.5, 0.6) is 0 Å². The lowest BCUT2D eigenvalue weighted by atomic mass is 10.0. The fourth-order valence-electron chi connectivity index (χ4n) is 4.41. The predicted molar refractivity (Wildman–Crippen MR) is 130 cm³/mol. The number of hydrogen-bond donors (Lipinski definition) is 2. The van der Waals surface area contributed by atoms with Crippen LogP contribution in [-0.2, 0) is 13.0 Å². The number of fused-ring (bicyclic) bond motifs is 2. The second-order valence-corrected chi connectivity index (χ2v) is 8.91. The number of benzene rings is 1. The van der Waals surface area contributed by atoms with E-state index in [0.29, 0.717) is 28.8 Å². The number of nitrogens with zero attached hydrogens (tertiary/aromatic N) is 6. The van der Waals surface area contributed by atoms with Crippen LogP contribution in [0.4, 0.5) is 11.6 Å². The highest BCUT2D eigenvalue weighted by Gasteiger charge is 2.26. The van der Waals surface area contributed by atoms with Gasteiger partial charge < -0.3 is 10.6 Å². The monoisotopic (exact) mass is 466 g/mol. The molecular formula is C23H27ClN8O. The molecule has 3 aromatic heterocycles. The minimum Gasteiger partial charge on any atom is -0.324 e. The Bertz CT molecular complexity index is 1380. The molecule has 33 heavy (non-hydrogen) atoms. The van der Waals surface area contributed by atoms with Crippen LogP contribution < -0.4 is 16.2 Å². The molecule has 4 heterocycles. The van der Waals surface area contributed by atoms with E-state index in [9.17, 15) is 4.79 Å². The first-order valence-electron chi connectivity index (χ1n) is 11.2. The van der Waals surface area contributed by atoms with Gasteiger partial charge in [0.25, 0.3) is 5.56 Å². The van der Waals surface area contributed by atoms with Gasteiger partial charge in [0, 0.05) is 36.7 Å². The van der Waals surface area contributed by atoms with Gasteiger partial charge in [-0.25, -0.2) is 14.3 Å². The first kappa shape index (κ1) is 21.7. The predicted octanol–water partition coefficient (Wildman–Crippen LogP) is 3.51. The highest BCUT2D eigenvalue weighted by molar-refractivity contribution is 5.85. The molecule has 0 amide bonds. The average molecular weight is 467 g/mol. The van der Waals surface area contributed by atoms with Crippen LogP contribution in [0.15, 0.2) is 41.5 Å². The molecule has 1 fully saturated rings. The van der Waals surface area contributed by atoms with Crippen LogP contribution in [0.1, 0.15) is 49.9 Å². The second kappa shape index (κ2) is 8.31. The molecule has 0 unspecified atom stereocenters. The normalized spacial score (nSPS) is 15.5. The lowest BCUT2D eigenvalue weighted by Crippen LogP contribution is -2.24. The Labute approximate surface area is 197 Å². The molecule has 0 bridgehead atoms. The molecule has 0 saturated heterocycles. The average Bonchev–Trinajstić information content (AvgIpc) is 3.46. The minimum atomic E-state index is -0.108. The van der Waals surface area contributed by atoms with Crippen molar-refractivity contribution in [2.75, 3.05) is 11.9 Å². The van der Waals surface area contributed by atoms with E-state index in [2.05, 4.69) is 27.8 Å². The van der Waals surface area contributed by atoms with Gasteiger partial charge in [-0.05, 0) is 62.9 Å². The van der Waals surface area contributed by atoms with Crippen LogP contribution in [0.2, 0.25) is 0 Å². The lowest BCUT2D eigenvalue weighted by Gasteiger charge is -2.18. The van der Waals surface area contributed by atoms with Crippen LogP contribution in [0.25, 0.3) is 16.9 Å². The molecule has 10 heteroatoms. The second-order valence-electron chi connectivity index (χ2n) is 8.91. The summed E-state index contributed by atoms with van der Waals surface area (Å²) < 4.78 is 5.51. The molecule has 172 valence electrons. The van der Waals surface area contributed by atoms with Crippen molar-refractivity contribution >= 4 is 35.1 Å². The molecule has 6 rings (SSSR count). The number of halogens is 1. The van der Waals surface area contributed by atoms with Gasteiger partial charge in [-0.2, -0.15) is 10.1 Å². The zero-order valence-corrected chi connectivity index (χ0v) is 19.5. The molecule has 2 aliphatic rings. The summed E-state index contributed by atoms with van der Waals surface area (Å²) in [5.74, 6) is 1.16. The number of anilines is 2. The molecule has 1 aromatic carbocycles. The molecule has 9 nitrogen and oxygen atoms in total. The molecule has 1 saturated carbocycles. The first-order valence-corrected chi connectivity index (χ1v) is 11.2. The standard InChI is InChI=1S/C23H26N8O.ClH/c1-14(2)30-22(32)19-13-25-23(26-17-4-3-16-12-24-9-7-15(16)11-17)27-21(19)31(30)20-8-10-29(28-20)18-5-6-18;/h3-4,8,10-11,13-14,18,24H,5-7,9,12H2,1-2H3,(H,25,26,27);1H. The van der Waals surface area contributed by atoms with Crippen molar-refractivity contribution in [3.63, 3.8) is 0 Å². The van der Waals surface area contributed by atoms with Crippen molar-refractivity contribution in [1.29, 1.82) is 0 Å². The summed E-state index contributed by atoms with van der Waals surface area (Å²) in [4.78, 5) is 22.3. The van der Waals surface area contributed by atoms with E-state index in [0.717, 1.165) is 38.0 Å². The summed E-state index contributed by atoms with van der Waals surface area (Å²) >= 11 is 0. The van der Waals surface area contributed by atoms with Crippen molar-refractivity contribution < 1.29 is 0 Å². The topological polar surface area (TPSA) is 94.6 Å². The molecule has 0 spiro atoms. The van der Waals surface area contributed by atoms with E-state index in [4.69, 9.17) is 10.1 Å². The van der Waals surface area contributed by atoms with E-state index in [-0.39, 0.29) is 24.0 Å². The summed E-state index contributed by atoms with van der Waals surface area (Å²) in [5, 5.41) is 11.9. The van der Waals surface area contributed by atoms with Crippen LogP contribution >= 0.6 is 12.4 Å². The highest BCUT2D eigenvalue weighted by Crippen LogP contribution is 2.34. The third-order valence-electron chi connectivity index (χ3n) is 6.19. The zero-order chi connectivity index (χ0) is 21.8. The summed E-state index contributed by atoms with van der Waals surface area (Å²) in [6, 6.07) is 8.71. The first-order chi connectivity index (χ1) is 15.6. The maximum atomic E-state index is 13.1. The van der Waals surface area contributed by atoms with E-state index in [1.54, 1.807) is 10.9 Å². The highest BCUT2D eigenvalue weighted by atomic mass is 35.5. The van der Waals surface area contributed by atoms with Gasteiger partial charge in [0.05, 0.1) is 6.04 Å². The minimum absolute atomic E-state index is 0. The van der Waals surface area contributed by atoms with Gasteiger partial charge in [0.15, 0.2) is 11.5 Å². The Morgan fingerprint density at radius 3 is 2.82 bits per heavy atom. The summed E-state index contributed by atoms with van der Waals surface area (Å²) in [5.41, 5.74) is 4.06. The van der Waals surface area contributed by atoms with Crippen molar-refractivity contribution in [3.8, 4) is 5.82 Å². The molecule has 0 radical (unpaired) electrons. The molecule has 1 aliphatic heterocycles. The fourth-order valence-corrected chi connectivity index (χ4v) is 4.41. The number of nitrogens with one attached hydrogen (secondary N) is 2. The third-order valence-corrected chi connectivity index (χ3v) is 6.19. The van der Waals surface area contributed by atoms with Crippen molar-refractivity contribution in [3.05, 3.63) is 58.1 Å². The smallest absolute Gasteiger partial charge is 0.278 e. The van der Waals surface area contributed by atoms with Crippen molar-refractivity contribution in [2.24, 2.45) is 0 Å². The molecular weight excluding hydrogens is 440 g/mol. The maximum Gasteiger partial charge on any atom is 0.278 e. The van der Waals surface area contributed by atoms with E-state index in [1.807, 2.05) is 41.5 Å². The SMILES string of the molecule is CC(C)n1c(=O)c2cnc(Nc3ccc4c(c3)CCNC4)nc2n1-c1ccn(C2CC2)n1.Cl. The van der Waals surface area contributed by atoms with Crippen molar-refractivity contribution in [2.45, 2.75) is 51.7 Å². The van der Waals surface area contributed by atoms with Crippen LogP contribution in [0, 0.1) is 0 Å². The fraction of sp³-hybridized carbons (Fsp3) is 0.391. The Morgan fingerprint density at radius 1 is 1.18 bits per heavy atom. The van der Waals surface area contributed by atoms with Gasteiger partial charge in [-0.3, -0.25) is 9.48 Å². The molecule has 2 N–H and O–H groups in total. The quantitative estimate of drug-likeness (QED) is 0.467. The Balaban J connectivity index is 0.00000228. The number of aromatic nitrogens is 6. The maximum absolute atomic E-state index is 13.1. The van der Waals surface area contributed by atoms with Gasteiger partial charge in [-0.1, -0.05) is 6.07 Å². The molecule has 1 aliphatic carbocycles.